The van der Waals surface area contributed by atoms with Gasteiger partial charge >= 0.3 is 6.03 Å². The highest BCUT2D eigenvalue weighted by Gasteiger charge is 2.04. The Morgan fingerprint density at radius 1 is 1.07 bits per heavy atom. The number of carbonyl (C=O) groups is 1. The summed E-state index contributed by atoms with van der Waals surface area (Å²) in [6, 6.07) is 14.3. The fourth-order valence-corrected chi connectivity index (χ4v) is 2.49. The van der Waals surface area contributed by atoms with Gasteiger partial charge in [0.2, 0.25) is 0 Å². The van der Waals surface area contributed by atoms with Crippen LogP contribution in [-0.4, -0.2) is 23.1 Å². The fourth-order valence-electron chi connectivity index (χ4n) is 2.49. The van der Waals surface area contributed by atoms with E-state index < -0.39 is 0 Å². The number of amides is 2. The second kappa shape index (κ2) is 9.10. The number of benzene rings is 2. The lowest BCUT2D eigenvalue weighted by Crippen LogP contribution is -2.28. The lowest BCUT2D eigenvalue weighted by atomic mass is 10.2. The lowest BCUT2D eigenvalue weighted by Gasteiger charge is -2.09. The van der Waals surface area contributed by atoms with Crippen LogP contribution in [0.3, 0.4) is 0 Å². The summed E-state index contributed by atoms with van der Waals surface area (Å²) in [5.41, 5.74) is 14.1. The Hall–Kier alpha value is -4.25. The summed E-state index contributed by atoms with van der Waals surface area (Å²) in [5.74, 6) is 7.00. The van der Waals surface area contributed by atoms with Crippen molar-refractivity contribution < 1.29 is 9.53 Å². The van der Waals surface area contributed by atoms with Crippen molar-refractivity contribution in [3.63, 3.8) is 0 Å². The van der Waals surface area contributed by atoms with Gasteiger partial charge in [0, 0.05) is 17.8 Å². The fraction of sp³-hybridized carbons (Fsp3) is 0.0952. The number of methoxy groups -OCH3 is 1. The first-order valence-corrected chi connectivity index (χ1v) is 8.71. The van der Waals surface area contributed by atoms with Gasteiger partial charge in [0.05, 0.1) is 7.11 Å². The molecule has 0 fully saturated rings. The molecule has 146 valence electrons. The van der Waals surface area contributed by atoms with Gasteiger partial charge in [-0.3, -0.25) is 0 Å². The van der Waals surface area contributed by atoms with E-state index in [1.165, 1.54) is 6.33 Å². The zero-order valence-corrected chi connectivity index (χ0v) is 15.8. The Morgan fingerprint density at radius 3 is 2.59 bits per heavy atom. The van der Waals surface area contributed by atoms with E-state index in [2.05, 4.69) is 32.4 Å². The maximum absolute atomic E-state index is 12.2. The molecule has 8 nitrogen and oxygen atoms in total. The van der Waals surface area contributed by atoms with Crippen molar-refractivity contribution in [3.05, 3.63) is 71.5 Å². The van der Waals surface area contributed by atoms with Gasteiger partial charge in [0.25, 0.3) is 0 Å². The predicted molar refractivity (Wildman–Crippen MR) is 112 cm³/mol. The molecule has 1 aromatic heterocycles. The van der Waals surface area contributed by atoms with Crippen molar-refractivity contribution in [1.29, 1.82) is 0 Å². The molecule has 0 saturated carbocycles. The molecule has 0 spiro atoms. The Bertz CT molecular complexity index is 1070. The first kappa shape index (κ1) is 19.5. The summed E-state index contributed by atoms with van der Waals surface area (Å²) in [6.45, 7) is 0.370. The van der Waals surface area contributed by atoms with Crippen molar-refractivity contribution in [3.8, 4) is 17.6 Å². The summed E-state index contributed by atoms with van der Waals surface area (Å²) in [7, 11) is 1.60. The number of ether oxygens (including phenoxy) is 1. The molecule has 2 aromatic carbocycles. The molecule has 0 aliphatic carbocycles. The number of hydrogen-bond donors (Lipinski definition) is 4. The van der Waals surface area contributed by atoms with Crippen LogP contribution in [0, 0.1) is 11.8 Å². The summed E-state index contributed by atoms with van der Waals surface area (Å²) in [6.07, 6.45) is 1.28. The molecule has 0 aliphatic heterocycles. The third-order valence-electron chi connectivity index (χ3n) is 3.95. The molecule has 0 bridgehead atoms. The van der Waals surface area contributed by atoms with Gasteiger partial charge in [-0.2, -0.15) is 0 Å². The third-order valence-corrected chi connectivity index (χ3v) is 3.95. The minimum Gasteiger partial charge on any atom is -0.497 e. The molecular weight excluding hydrogens is 368 g/mol. The van der Waals surface area contributed by atoms with Gasteiger partial charge in [-0.15, -0.1) is 0 Å². The Kier molecular flexibility index (Phi) is 6.12. The minimum absolute atomic E-state index is 0.219. The molecule has 0 atom stereocenters. The van der Waals surface area contributed by atoms with Crippen LogP contribution in [0.25, 0.3) is 0 Å². The number of nitrogens with zero attached hydrogens (tertiary/aromatic N) is 2. The van der Waals surface area contributed by atoms with Crippen molar-refractivity contribution in [2.75, 3.05) is 23.9 Å². The number of nitrogens with two attached hydrogens (primary N) is 2. The topological polar surface area (TPSA) is 128 Å². The van der Waals surface area contributed by atoms with Crippen LogP contribution in [0.2, 0.25) is 0 Å². The number of urea groups is 1. The number of anilines is 3. The molecular formula is C21H20N6O2. The van der Waals surface area contributed by atoms with E-state index in [1.807, 2.05) is 30.3 Å². The molecule has 0 unspecified atom stereocenters. The maximum Gasteiger partial charge on any atom is 0.319 e. The van der Waals surface area contributed by atoms with Crippen LogP contribution in [-0.2, 0) is 6.54 Å². The second-order valence-electron chi connectivity index (χ2n) is 6.01. The molecule has 3 aromatic rings. The van der Waals surface area contributed by atoms with Gasteiger partial charge in [-0.25, -0.2) is 14.8 Å². The number of nitrogens with one attached hydrogen (secondary N) is 2. The van der Waals surface area contributed by atoms with Gasteiger partial charge in [0.1, 0.15) is 29.3 Å². The van der Waals surface area contributed by atoms with E-state index in [1.54, 1.807) is 25.3 Å². The SMILES string of the molecule is COc1cccc(CNC(=O)Nc2cccc(C#Cc3c(N)ncnc3N)c2)c1. The Labute approximate surface area is 168 Å². The average Bonchev–Trinajstić information content (AvgIpc) is 2.72. The molecule has 0 saturated heterocycles. The van der Waals surface area contributed by atoms with Crippen molar-refractivity contribution >= 4 is 23.4 Å². The largest absolute Gasteiger partial charge is 0.497 e. The maximum atomic E-state index is 12.2. The summed E-state index contributed by atoms with van der Waals surface area (Å²) in [4.78, 5) is 19.9. The van der Waals surface area contributed by atoms with Crippen LogP contribution >= 0.6 is 0 Å². The molecule has 2 amide bonds. The molecule has 8 heteroatoms. The van der Waals surface area contributed by atoms with Gasteiger partial charge in [-0.1, -0.05) is 30.0 Å². The van der Waals surface area contributed by atoms with Gasteiger partial charge < -0.3 is 26.8 Å². The zero-order valence-electron chi connectivity index (χ0n) is 15.8. The third kappa shape index (κ3) is 5.37. The van der Waals surface area contributed by atoms with Crippen molar-refractivity contribution in [2.24, 2.45) is 0 Å². The van der Waals surface area contributed by atoms with Crippen LogP contribution in [0.15, 0.2) is 54.9 Å². The van der Waals surface area contributed by atoms with Crippen LogP contribution < -0.4 is 26.8 Å². The lowest BCUT2D eigenvalue weighted by molar-refractivity contribution is 0.251. The zero-order chi connectivity index (χ0) is 20.6. The van der Waals surface area contributed by atoms with Crippen LogP contribution in [0.1, 0.15) is 16.7 Å². The molecule has 0 aliphatic rings. The standard InChI is InChI=1S/C21H20N6O2/c1-29-17-7-3-5-15(11-17)12-24-21(28)27-16-6-2-4-14(10-16)8-9-18-19(22)25-13-26-20(18)23/h2-7,10-11,13H,12H2,1H3,(H2,24,27,28)(H4,22,23,25,26). The Morgan fingerprint density at radius 2 is 1.83 bits per heavy atom. The van der Waals surface area contributed by atoms with E-state index in [0.29, 0.717) is 23.4 Å². The molecule has 3 rings (SSSR count). The van der Waals surface area contributed by atoms with Gasteiger partial charge in [-0.05, 0) is 35.9 Å². The van der Waals surface area contributed by atoms with Crippen molar-refractivity contribution in [1.82, 2.24) is 15.3 Å². The first-order valence-electron chi connectivity index (χ1n) is 8.71. The molecule has 29 heavy (non-hydrogen) atoms. The smallest absolute Gasteiger partial charge is 0.319 e. The van der Waals surface area contributed by atoms with Crippen LogP contribution in [0.5, 0.6) is 5.75 Å². The normalized spacial score (nSPS) is 9.83. The monoisotopic (exact) mass is 388 g/mol. The summed E-state index contributed by atoms with van der Waals surface area (Å²) in [5, 5.41) is 5.58. The summed E-state index contributed by atoms with van der Waals surface area (Å²) >= 11 is 0. The van der Waals surface area contributed by atoms with E-state index in [9.17, 15) is 4.79 Å². The number of carbonyl (C=O) groups excluding carboxylic acids is 1. The number of rotatable bonds is 4. The van der Waals surface area contributed by atoms with E-state index in [-0.39, 0.29) is 17.7 Å². The minimum atomic E-state index is -0.331. The average molecular weight is 388 g/mol. The number of hydrogen-bond acceptors (Lipinski definition) is 6. The van der Waals surface area contributed by atoms with Crippen molar-refractivity contribution in [2.45, 2.75) is 6.54 Å². The predicted octanol–water partition coefficient (Wildman–Crippen LogP) is 2.37. The van der Waals surface area contributed by atoms with E-state index >= 15 is 0 Å². The van der Waals surface area contributed by atoms with E-state index in [4.69, 9.17) is 16.2 Å². The second-order valence-corrected chi connectivity index (χ2v) is 6.01. The van der Waals surface area contributed by atoms with Gasteiger partial charge in [0.15, 0.2) is 0 Å². The quantitative estimate of drug-likeness (QED) is 0.508. The highest BCUT2D eigenvalue weighted by atomic mass is 16.5. The molecule has 0 radical (unpaired) electrons. The highest BCUT2D eigenvalue weighted by Crippen LogP contribution is 2.14. The number of aromatic nitrogens is 2. The molecule has 6 N–H and O–H groups in total. The Balaban J connectivity index is 1.64. The summed E-state index contributed by atoms with van der Waals surface area (Å²) < 4.78 is 5.18. The first-order chi connectivity index (χ1) is 14.0. The van der Waals surface area contributed by atoms with E-state index in [0.717, 1.165) is 11.3 Å². The molecule has 1 heterocycles. The number of nitrogen functional groups attached to an aromatic ring is 2. The van der Waals surface area contributed by atoms with Crippen LogP contribution in [0.4, 0.5) is 22.1 Å². The highest BCUT2D eigenvalue weighted by molar-refractivity contribution is 5.89.